The predicted octanol–water partition coefficient (Wildman–Crippen LogP) is 2.84. The summed E-state index contributed by atoms with van der Waals surface area (Å²) in [5, 5.41) is 11.2. The summed E-state index contributed by atoms with van der Waals surface area (Å²) in [7, 11) is 1.85. The summed E-state index contributed by atoms with van der Waals surface area (Å²) in [6.07, 6.45) is 0. The molecule has 1 heterocycles. The molecule has 3 rings (SSSR count). The zero-order chi connectivity index (χ0) is 14.1. The predicted molar refractivity (Wildman–Crippen MR) is 76.3 cm³/mol. The van der Waals surface area contributed by atoms with E-state index in [1.807, 2.05) is 44.3 Å². The second kappa shape index (κ2) is 5.02. The van der Waals surface area contributed by atoms with Gasteiger partial charge in [-0.3, -0.25) is 0 Å². The third kappa shape index (κ3) is 2.06. The summed E-state index contributed by atoms with van der Waals surface area (Å²) in [6.45, 7) is 1.99. The lowest BCUT2D eigenvalue weighted by Crippen LogP contribution is -2.13. The van der Waals surface area contributed by atoms with Crippen molar-refractivity contribution < 1.29 is 4.39 Å². The van der Waals surface area contributed by atoms with Crippen LogP contribution in [0.5, 0.6) is 0 Å². The summed E-state index contributed by atoms with van der Waals surface area (Å²) in [5.41, 5.74) is 2.85. The van der Waals surface area contributed by atoms with Crippen LogP contribution in [0.4, 0.5) is 4.39 Å². The van der Waals surface area contributed by atoms with Crippen molar-refractivity contribution in [3.8, 4) is 5.69 Å². The number of halogens is 1. The highest BCUT2D eigenvalue weighted by Crippen LogP contribution is 2.22. The minimum atomic E-state index is -0.305. The molecule has 1 N–H and O–H groups in total. The van der Waals surface area contributed by atoms with Gasteiger partial charge >= 0.3 is 0 Å². The Balaban J connectivity index is 2.11. The van der Waals surface area contributed by atoms with Gasteiger partial charge in [0, 0.05) is 6.04 Å². The van der Waals surface area contributed by atoms with E-state index in [0.717, 1.165) is 16.6 Å². The molecule has 0 aliphatic heterocycles. The van der Waals surface area contributed by atoms with Crippen molar-refractivity contribution in [2.45, 2.75) is 13.0 Å². The van der Waals surface area contributed by atoms with E-state index < -0.39 is 0 Å². The smallest absolute Gasteiger partial charge is 0.149 e. The lowest BCUT2D eigenvalue weighted by atomic mass is 10.1. The van der Waals surface area contributed by atoms with Crippen LogP contribution in [0, 0.1) is 5.82 Å². The minimum absolute atomic E-state index is 0.103. The highest BCUT2D eigenvalue weighted by Gasteiger charge is 2.12. The summed E-state index contributed by atoms with van der Waals surface area (Å²) in [6, 6.07) is 12.8. The number of nitrogens with zero attached hydrogens (tertiary/aromatic N) is 3. The number of benzene rings is 2. The number of nitrogens with one attached hydrogen (secondary N) is 1. The SMILES string of the molecule is CNC(C)c1ccc(-n2nnc3ccccc32)c(F)c1. The number of hydrogen-bond donors (Lipinski definition) is 1. The van der Waals surface area contributed by atoms with Gasteiger partial charge in [0.25, 0.3) is 0 Å². The largest absolute Gasteiger partial charge is 0.313 e. The third-order valence-electron chi connectivity index (χ3n) is 3.48. The Morgan fingerprint density at radius 2 is 2.00 bits per heavy atom. The molecule has 1 unspecified atom stereocenters. The van der Waals surface area contributed by atoms with Crippen LogP contribution in [0.2, 0.25) is 0 Å². The summed E-state index contributed by atoms with van der Waals surface area (Å²) in [5.74, 6) is -0.305. The van der Waals surface area contributed by atoms with Gasteiger partial charge in [0.2, 0.25) is 0 Å². The standard InChI is InChI=1S/C15H15FN4/c1-10(17-2)11-7-8-14(12(16)9-11)20-15-6-4-3-5-13(15)18-19-20/h3-10,17H,1-2H3. The Morgan fingerprint density at radius 1 is 1.20 bits per heavy atom. The van der Waals surface area contributed by atoms with Gasteiger partial charge in [0.1, 0.15) is 17.0 Å². The van der Waals surface area contributed by atoms with Crippen molar-refractivity contribution in [3.05, 3.63) is 53.8 Å². The Hall–Kier alpha value is -2.27. The van der Waals surface area contributed by atoms with Gasteiger partial charge in [-0.15, -0.1) is 5.10 Å². The van der Waals surface area contributed by atoms with Gasteiger partial charge in [-0.1, -0.05) is 23.4 Å². The van der Waals surface area contributed by atoms with E-state index in [9.17, 15) is 4.39 Å². The molecule has 0 spiro atoms. The van der Waals surface area contributed by atoms with Gasteiger partial charge in [-0.2, -0.15) is 0 Å². The van der Waals surface area contributed by atoms with Crippen LogP contribution >= 0.6 is 0 Å². The molecule has 0 radical (unpaired) electrons. The molecular formula is C15H15FN4. The normalized spacial score (nSPS) is 12.8. The van der Waals surface area contributed by atoms with Gasteiger partial charge in [-0.05, 0) is 43.8 Å². The molecule has 0 aliphatic rings. The molecule has 1 aromatic heterocycles. The fourth-order valence-electron chi connectivity index (χ4n) is 2.18. The molecule has 102 valence electrons. The minimum Gasteiger partial charge on any atom is -0.313 e. The van der Waals surface area contributed by atoms with E-state index in [0.29, 0.717) is 5.69 Å². The number of para-hydroxylation sites is 1. The fourth-order valence-corrected chi connectivity index (χ4v) is 2.18. The molecule has 0 amide bonds. The highest BCUT2D eigenvalue weighted by atomic mass is 19.1. The van der Waals surface area contributed by atoms with Crippen molar-refractivity contribution in [2.24, 2.45) is 0 Å². The second-order valence-corrected chi connectivity index (χ2v) is 4.71. The van der Waals surface area contributed by atoms with Crippen molar-refractivity contribution in [1.82, 2.24) is 20.3 Å². The van der Waals surface area contributed by atoms with E-state index in [4.69, 9.17) is 0 Å². The Morgan fingerprint density at radius 3 is 2.75 bits per heavy atom. The zero-order valence-electron chi connectivity index (χ0n) is 11.3. The van der Waals surface area contributed by atoms with Crippen LogP contribution in [-0.2, 0) is 0 Å². The topological polar surface area (TPSA) is 42.7 Å². The first-order chi connectivity index (χ1) is 9.70. The lowest BCUT2D eigenvalue weighted by Gasteiger charge is -2.12. The molecule has 3 aromatic rings. The fraction of sp³-hybridized carbons (Fsp3) is 0.200. The van der Waals surface area contributed by atoms with Crippen LogP contribution in [0.1, 0.15) is 18.5 Å². The molecule has 2 aromatic carbocycles. The summed E-state index contributed by atoms with van der Waals surface area (Å²) in [4.78, 5) is 0. The Bertz CT molecular complexity index is 750. The van der Waals surface area contributed by atoms with Crippen LogP contribution < -0.4 is 5.32 Å². The van der Waals surface area contributed by atoms with Crippen LogP contribution in [-0.4, -0.2) is 22.0 Å². The van der Waals surface area contributed by atoms with Gasteiger partial charge < -0.3 is 5.32 Å². The molecule has 0 bridgehead atoms. The third-order valence-corrected chi connectivity index (χ3v) is 3.48. The summed E-state index contributed by atoms with van der Waals surface area (Å²) < 4.78 is 15.8. The first kappa shape index (κ1) is 12.7. The van der Waals surface area contributed by atoms with Crippen molar-refractivity contribution in [3.63, 3.8) is 0 Å². The van der Waals surface area contributed by atoms with Gasteiger partial charge in [-0.25, -0.2) is 9.07 Å². The Kier molecular flexibility index (Phi) is 3.20. The summed E-state index contributed by atoms with van der Waals surface area (Å²) >= 11 is 0. The number of hydrogen-bond acceptors (Lipinski definition) is 3. The van der Waals surface area contributed by atoms with Crippen LogP contribution in [0.25, 0.3) is 16.7 Å². The highest BCUT2D eigenvalue weighted by molar-refractivity contribution is 5.75. The molecule has 4 nitrogen and oxygen atoms in total. The van der Waals surface area contributed by atoms with Crippen molar-refractivity contribution >= 4 is 11.0 Å². The number of rotatable bonds is 3. The van der Waals surface area contributed by atoms with E-state index in [1.165, 1.54) is 10.7 Å². The molecule has 0 fully saturated rings. The van der Waals surface area contributed by atoms with E-state index in [1.54, 1.807) is 6.07 Å². The maximum atomic E-state index is 14.3. The average molecular weight is 270 g/mol. The molecule has 20 heavy (non-hydrogen) atoms. The van der Waals surface area contributed by atoms with Gasteiger partial charge in [0.15, 0.2) is 0 Å². The van der Waals surface area contributed by atoms with Crippen LogP contribution in [0.15, 0.2) is 42.5 Å². The molecule has 1 atom stereocenters. The maximum Gasteiger partial charge on any atom is 0.149 e. The van der Waals surface area contributed by atoms with E-state index in [-0.39, 0.29) is 11.9 Å². The second-order valence-electron chi connectivity index (χ2n) is 4.71. The quantitative estimate of drug-likeness (QED) is 0.795. The lowest BCUT2D eigenvalue weighted by molar-refractivity contribution is 0.595. The van der Waals surface area contributed by atoms with E-state index >= 15 is 0 Å². The zero-order valence-corrected chi connectivity index (χ0v) is 11.3. The Labute approximate surface area is 116 Å². The molecule has 0 aliphatic carbocycles. The first-order valence-corrected chi connectivity index (χ1v) is 6.48. The number of aromatic nitrogens is 3. The van der Waals surface area contributed by atoms with Crippen LogP contribution in [0.3, 0.4) is 0 Å². The molecule has 0 saturated carbocycles. The molecule has 0 saturated heterocycles. The van der Waals surface area contributed by atoms with E-state index in [2.05, 4.69) is 15.6 Å². The molecule has 5 heteroatoms. The first-order valence-electron chi connectivity index (χ1n) is 6.48. The molecular weight excluding hydrogens is 255 g/mol. The number of fused-ring (bicyclic) bond motifs is 1. The maximum absolute atomic E-state index is 14.3. The van der Waals surface area contributed by atoms with Crippen molar-refractivity contribution in [2.75, 3.05) is 7.05 Å². The van der Waals surface area contributed by atoms with Crippen molar-refractivity contribution in [1.29, 1.82) is 0 Å². The van der Waals surface area contributed by atoms with Gasteiger partial charge in [0.05, 0.1) is 5.52 Å². The average Bonchev–Trinajstić information content (AvgIpc) is 2.90. The monoisotopic (exact) mass is 270 g/mol.